The number of para-hydroxylation sites is 1. The van der Waals surface area contributed by atoms with Crippen LogP contribution in [0.15, 0.2) is 59.6 Å². The number of aromatic nitrogens is 2. The number of nitrogens with zero attached hydrogens (tertiary/aromatic N) is 3. The van der Waals surface area contributed by atoms with Crippen molar-refractivity contribution in [1.82, 2.24) is 14.7 Å². The second-order valence-electron chi connectivity index (χ2n) is 7.35. The van der Waals surface area contributed by atoms with E-state index in [1.54, 1.807) is 29.1 Å². The van der Waals surface area contributed by atoms with Crippen molar-refractivity contribution < 1.29 is 19.4 Å². The highest BCUT2D eigenvalue weighted by molar-refractivity contribution is 8.26. The minimum absolute atomic E-state index is 0.165. The second kappa shape index (κ2) is 10.4. The molecule has 34 heavy (non-hydrogen) atoms. The number of halogens is 1. The van der Waals surface area contributed by atoms with Crippen molar-refractivity contribution in [3.8, 4) is 22.7 Å². The Morgan fingerprint density at radius 2 is 2.03 bits per heavy atom. The van der Waals surface area contributed by atoms with Gasteiger partial charge in [-0.25, -0.2) is 4.68 Å². The van der Waals surface area contributed by atoms with Crippen LogP contribution in [0, 0.1) is 0 Å². The highest BCUT2D eigenvalue weighted by Gasteiger charge is 2.32. The fraction of sp³-hybridized carbons (Fsp3) is 0.167. The molecule has 10 heteroatoms. The van der Waals surface area contributed by atoms with Gasteiger partial charge in [0.15, 0.2) is 0 Å². The van der Waals surface area contributed by atoms with E-state index < -0.39 is 18.4 Å². The van der Waals surface area contributed by atoms with Gasteiger partial charge in [-0.15, -0.1) is 0 Å². The van der Waals surface area contributed by atoms with Gasteiger partial charge < -0.3 is 14.6 Å². The normalized spacial score (nSPS) is 14.8. The van der Waals surface area contributed by atoms with Crippen LogP contribution in [0.5, 0.6) is 5.75 Å². The van der Waals surface area contributed by atoms with Gasteiger partial charge in [0.25, 0.3) is 5.91 Å². The smallest absolute Gasteiger partial charge is 0.266 e. The Hall–Kier alpha value is -3.14. The number of benzene rings is 2. The third-order valence-corrected chi connectivity index (χ3v) is 6.55. The van der Waals surface area contributed by atoms with Gasteiger partial charge >= 0.3 is 0 Å². The molecule has 1 aliphatic rings. The van der Waals surface area contributed by atoms with E-state index in [2.05, 4.69) is 0 Å². The van der Waals surface area contributed by atoms with Gasteiger partial charge in [-0.1, -0.05) is 60.7 Å². The van der Waals surface area contributed by atoms with E-state index in [1.165, 1.54) is 0 Å². The first-order valence-corrected chi connectivity index (χ1v) is 12.0. The van der Waals surface area contributed by atoms with Crippen LogP contribution in [0.2, 0.25) is 5.02 Å². The number of carboxylic acid groups (broad SMARTS) is 1. The van der Waals surface area contributed by atoms with Crippen molar-refractivity contribution in [2.45, 2.75) is 13.3 Å². The minimum Gasteiger partial charge on any atom is -0.548 e. The van der Waals surface area contributed by atoms with Gasteiger partial charge in [0.2, 0.25) is 0 Å². The molecule has 1 aliphatic heterocycles. The fourth-order valence-corrected chi connectivity index (χ4v) is 4.80. The van der Waals surface area contributed by atoms with Gasteiger partial charge in [-0.2, -0.15) is 5.10 Å². The first-order valence-electron chi connectivity index (χ1n) is 10.4. The van der Waals surface area contributed by atoms with Gasteiger partial charge in [0.1, 0.15) is 15.8 Å². The number of aliphatic carboxylic acids is 1. The van der Waals surface area contributed by atoms with Crippen molar-refractivity contribution in [3.05, 3.63) is 70.2 Å². The molecule has 174 valence electrons. The first kappa shape index (κ1) is 24.0. The lowest BCUT2D eigenvalue weighted by molar-refractivity contribution is -0.305. The van der Waals surface area contributed by atoms with Crippen molar-refractivity contribution >= 4 is 57.9 Å². The summed E-state index contributed by atoms with van der Waals surface area (Å²) < 4.78 is 7.54. The summed E-state index contributed by atoms with van der Waals surface area (Å²) in [7, 11) is 0. The molecule has 0 N–H and O–H groups in total. The van der Waals surface area contributed by atoms with Crippen molar-refractivity contribution in [1.29, 1.82) is 0 Å². The maximum atomic E-state index is 12.8. The summed E-state index contributed by atoms with van der Waals surface area (Å²) in [6, 6.07) is 14.9. The SMILES string of the molecule is CCCOc1ccc(-c2nn(-c3ccccc3)cc2/C=C2\SC(=S)N(CC(=O)[O-])C2=O)cc1Cl. The zero-order valence-electron chi connectivity index (χ0n) is 18.1. The molecule has 4 rings (SSSR count). The average Bonchev–Trinajstić information content (AvgIpc) is 3.35. The summed E-state index contributed by atoms with van der Waals surface area (Å²) in [4.78, 5) is 25.1. The van der Waals surface area contributed by atoms with E-state index in [-0.39, 0.29) is 4.32 Å². The molecule has 2 heterocycles. The van der Waals surface area contributed by atoms with Crippen LogP contribution in [0.3, 0.4) is 0 Å². The molecule has 1 amide bonds. The van der Waals surface area contributed by atoms with Crippen LogP contribution in [-0.2, 0) is 9.59 Å². The Balaban J connectivity index is 1.77. The van der Waals surface area contributed by atoms with Crippen LogP contribution >= 0.6 is 35.6 Å². The fourth-order valence-electron chi connectivity index (χ4n) is 3.31. The van der Waals surface area contributed by atoms with Gasteiger partial charge in [-0.3, -0.25) is 9.69 Å². The molecule has 3 aromatic rings. The largest absolute Gasteiger partial charge is 0.548 e. The Kier molecular flexibility index (Phi) is 7.35. The van der Waals surface area contributed by atoms with E-state index >= 15 is 0 Å². The number of hydrogen-bond donors (Lipinski definition) is 0. The van der Waals surface area contributed by atoms with E-state index in [1.807, 2.05) is 43.3 Å². The second-order valence-corrected chi connectivity index (χ2v) is 9.43. The summed E-state index contributed by atoms with van der Waals surface area (Å²) >= 11 is 12.7. The number of thiocarbonyl (C=S) groups is 1. The molecule has 0 spiro atoms. The topological polar surface area (TPSA) is 87.5 Å². The first-order chi connectivity index (χ1) is 16.4. The number of carbonyl (C=O) groups is 2. The van der Waals surface area contributed by atoms with E-state index in [9.17, 15) is 14.7 Å². The summed E-state index contributed by atoms with van der Waals surface area (Å²) in [6.45, 7) is 1.98. The lowest BCUT2D eigenvalue weighted by Crippen LogP contribution is -2.40. The zero-order valence-corrected chi connectivity index (χ0v) is 20.5. The van der Waals surface area contributed by atoms with Crippen molar-refractivity contribution in [2.24, 2.45) is 0 Å². The Bertz CT molecular complexity index is 1290. The molecule has 0 unspecified atom stereocenters. The molecule has 1 aromatic heterocycles. The zero-order chi connectivity index (χ0) is 24.2. The minimum atomic E-state index is -1.38. The number of thioether (sulfide) groups is 1. The molecular formula is C24H19ClN3O4S2-. The maximum absolute atomic E-state index is 12.8. The number of ether oxygens (including phenoxy) is 1. The Morgan fingerprint density at radius 1 is 1.26 bits per heavy atom. The molecule has 0 aliphatic carbocycles. The van der Waals surface area contributed by atoms with Gasteiger partial charge in [0, 0.05) is 17.3 Å². The highest BCUT2D eigenvalue weighted by atomic mass is 35.5. The summed E-state index contributed by atoms with van der Waals surface area (Å²) in [5, 5.41) is 16.2. The quantitative estimate of drug-likeness (QED) is 0.334. The highest BCUT2D eigenvalue weighted by Crippen LogP contribution is 2.36. The van der Waals surface area contributed by atoms with Gasteiger partial charge in [0.05, 0.1) is 34.7 Å². The predicted molar refractivity (Wildman–Crippen MR) is 135 cm³/mol. The number of amides is 1. The molecule has 0 saturated carbocycles. The Morgan fingerprint density at radius 3 is 2.71 bits per heavy atom. The van der Waals surface area contributed by atoms with Crippen molar-refractivity contribution in [2.75, 3.05) is 13.2 Å². The monoisotopic (exact) mass is 512 g/mol. The third-order valence-electron chi connectivity index (χ3n) is 4.88. The lowest BCUT2D eigenvalue weighted by Gasteiger charge is -2.14. The van der Waals surface area contributed by atoms with E-state index in [0.717, 1.165) is 34.3 Å². The standard InChI is InChI=1S/C24H20ClN3O4S2/c1-2-10-32-19-9-8-15(11-18(19)25)22-16(13-28(26-22)17-6-4-3-5-7-17)12-20-23(31)27(14-21(29)30)24(33)34-20/h3-9,11-13H,2,10,14H2,1H3,(H,29,30)/p-1/b20-12-. The number of hydrogen-bond acceptors (Lipinski definition) is 7. The van der Waals surface area contributed by atoms with Crippen LogP contribution < -0.4 is 9.84 Å². The van der Waals surface area contributed by atoms with E-state index in [4.69, 9.17) is 33.7 Å². The molecule has 0 atom stereocenters. The van der Waals surface area contributed by atoms with Crippen LogP contribution in [0.4, 0.5) is 0 Å². The summed E-state index contributed by atoms with van der Waals surface area (Å²) in [5.74, 6) is -1.28. The van der Waals surface area contributed by atoms with Crippen LogP contribution in [0.25, 0.3) is 23.0 Å². The van der Waals surface area contributed by atoms with Crippen molar-refractivity contribution in [3.63, 3.8) is 0 Å². The van der Waals surface area contributed by atoms with Gasteiger partial charge in [-0.05, 0) is 42.8 Å². The molecule has 0 bridgehead atoms. The van der Waals surface area contributed by atoms with Crippen LogP contribution in [0.1, 0.15) is 18.9 Å². The van der Waals surface area contributed by atoms with E-state index in [0.29, 0.717) is 33.5 Å². The molecular weight excluding hydrogens is 494 g/mol. The number of carbonyl (C=O) groups excluding carboxylic acids is 2. The molecule has 7 nitrogen and oxygen atoms in total. The summed E-state index contributed by atoms with van der Waals surface area (Å²) in [5.41, 5.74) is 2.82. The molecule has 1 saturated heterocycles. The molecule has 0 radical (unpaired) electrons. The molecule has 1 fully saturated rings. The Labute approximate surface area is 211 Å². The van der Waals surface area contributed by atoms with Crippen LogP contribution in [-0.4, -0.2) is 44.0 Å². The maximum Gasteiger partial charge on any atom is 0.266 e. The lowest BCUT2D eigenvalue weighted by atomic mass is 10.1. The number of rotatable bonds is 8. The number of carboxylic acids is 1. The molecule has 2 aromatic carbocycles. The predicted octanol–water partition coefficient (Wildman–Crippen LogP) is 3.93. The third kappa shape index (κ3) is 5.16. The average molecular weight is 513 g/mol. The summed E-state index contributed by atoms with van der Waals surface area (Å²) in [6.07, 6.45) is 4.32.